The second-order valence-electron chi connectivity index (χ2n) is 5.37. The molecule has 104 valence electrons. The van der Waals surface area contributed by atoms with E-state index in [1.54, 1.807) is 0 Å². The van der Waals surface area contributed by atoms with Crippen LogP contribution in [0.4, 0.5) is 0 Å². The van der Waals surface area contributed by atoms with E-state index in [0.29, 0.717) is 6.04 Å². The van der Waals surface area contributed by atoms with E-state index in [2.05, 4.69) is 62.6 Å². The number of nitrogens with one attached hydrogen (secondary N) is 1. The van der Waals surface area contributed by atoms with Gasteiger partial charge in [-0.05, 0) is 45.9 Å². The number of nitrogens with zero attached hydrogens (tertiary/aromatic N) is 2. The number of aromatic nitrogens is 1. The first-order valence-corrected chi connectivity index (χ1v) is 7.00. The molecule has 0 spiro atoms. The van der Waals surface area contributed by atoms with Gasteiger partial charge in [0, 0.05) is 44.1 Å². The van der Waals surface area contributed by atoms with Crippen molar-refractivity contribution >= 4 is 0 Å². The summed E-state index contributed by atoms with van der Waals surface area (Å²) in [5.74, 6) is 0. The minimum atomic E-state index is 0.674. The molecule has 1 rings (SSSR count). The number of hydrogen-bond donors (Lipinski definition) is 1. The lowest BCUT2D eigenvalue weighted by atomic mass is 10.2. The summed E-state index contributed by atoms with van der Waals surface area (Å²) in [7, 11) is 4.33. The van der Waals surface area contributed by atoms with E-state index in [0.717, 1.165) is 19.6 Å². The number of hydrogen-bond acceptors (Lipinski definition) is 2. The fraction of sp³-hybridized carbons (Fsp3) is 0.733. The lowest BCUT2D eigenvalue weighted by molar-refractivity contribution is 0.251. The van der Waals surface area contributed by atoms with Gasteiger partial charge in [0.05, 0.1) is 0 Å². The second kappa shape index (κ2) is 6.95. The zero-order chi connectivity index (χ0) is 13.7. The molecule has 0 saturated carbocycles. The molecule has 0 amide bonds. The molecule has 0 aromatic carbocycles. The first-order chi connectivity index (χ1) is 8.47. The molecule has 1 atom stereocenters. The lowest BCUT2D eigenvalue weighted by Gasteiger charge is -2.23. The largest absolute Gasteiger partial charge is 0.352 e. The molecular formula is C15H29N3. The highest BCUT2D eigenvalue weighted by Gasteiger charge is 2.07. The highest BCUT2D eigenvalue weighted by atomic mass is 15.1. The number of likely N-dealkylation sites (N-methyl/N-ethyl adjacent to an activating group) is 1. The summed E-state index contributed by atoms with van der Waals surface area (Å²) < 4.78 is 2.25. The Kier molecular flexibility index (Phi) is 5.89. The van der Waals surface area contributed by atoms with E-state index in [4.69, 9.17) is 0 Å². The van der Waals surface area contributed by atoms with E-state index in [-0.39, 0.29) is 0 Å². The van der Waals surface area contributed by atoms with Crippen molar-refractivity contribution in [3.05, 3.63) is 23.0 Å². The number of rotatable bonds is 7. The molecule has 1 aromatic rings. The Labute approximate surface area is 112 Å². The summed E-state index contributed by atoms with van der Waals surface area (Å²) in [6.07, 6.45) is 1.22. The van der Waals surface area contributed by atoms with Crippen LogP contribution in [0.5, 0.6) is 0 Å². The fourth-order valence-corrected chi connectivity index (χ4v) is 2.12. The Morgan fingerprint density at radius 3 is 2.56 bits per heavy atom. The van der Waals surface area contributed by atoms with Crippen LogP contribution in [0.1, 0.15) is 37.2 Å². The Hall–Kier alpha value is -0.800. The van der Waals surface area contributed by atoms with E-state index in [1.807, 2.05) is 0 Å². The molecule has 0 radical (unpaired) electrons. The third-order valence-electron chi connectivity index (χ3n) is 4.18. The molecule has 0 aliphatic heterocycles. The van der Waals surface area contributed by atoms with Gasteiger partial charge >= 0.3 is 0 Å². The average Bonchev–Trinajstić information content (AvgIpc) is 2.61. The van der Waals surface area contributed by atoms with Gasteiger partial charge in [-0.3, -0.25) is 0 Å². The van der Waals surface area contributed by atoms with Crippen LogP contribution in [0.25, 0.3) is 0 Å². The van der Waals surface area contributed by atoms with Gasteiger partial charge in [-0.1, -0.05) is 6.92 Å². The van der Waals surface area contributed by atoms with Crippen molar-refractivity contribution < 1.29 is 0 Å². The molecule has 18 heavy (non-hydrogen) atoms. The molecule has 0 aliphatic carbocycles. The third-order valence-corrected chi connectivity index (χ3v) is 4.18. The molecular weight excluding hydrogens is 222 g/mol. The molecule has 0 saturated heterocycles. The number of aryl methyl sites for hydroxylation is 1. The molecule has 0 bridgehead atoms. The highest BCUT2D eigenvalue weighted by molar-refractivity contribution is 5.26. The topological polar surface area (TPSA) is 20.2 Å². The molecule has 3 heteroatoms. The maximum absolute atomic E-state index is 3.54. The van der Waals surface area contributed by atoms with Crippen molar-refractivity contribution in [1.29, 1.82) is 0 Å². The standard InChI is InChI=1S/C15H29N3/c1-7-12(2)17(5)9-8-16-11-15-10-13(3)18(6)14(15)4/h10,12,16H,7-9,11H2,1-6H3. The smallest absolute Gasteiger partial charge is 0.0223 e. The summed E-state index contributed by atoms with van der Waals surface area (Å²) in [5.41, 5.74) is 4.12. The lowest BCUT2D eigenvalue weighted by Crippen LogP contribution is -2.34. The highest BCUT2D eigenvalue weighted by Crippen LogP contribution is 2.12. The fourth-order valence-electron chi connectivity index (χ4n) is 2.12. The molecule has 3 nitrogen and oxygen atoms in total. The first kappa shape index (κ1) is 15.3. The zero-order valence-corrected chi connectivity index (χ0v) is 12.9. The van der Waals surface area contributed by atoms with Crippen molar-refractivity contribution in [1.82, 2.24) is 14.8 Å². The zero-order valence-electron chi connectivity index (χ0n) is 12.9. The van der Waals surface area contributed by atoms with Gasteiger partial charge in [-0.15, -0.1) is 0 Å². The van der Waals surface area contributed by atoms with Crippen LogP contribution in [-0.2, 0) is 13.6 Å². The van der Waals surface area contributed by atoms with Gasteiger partial charge in [-0.25, -0.2) is 0 Å². The summed E-state index contributed by atoms with van der Waals surface area (Å²) in [4.78, 5) is 2.41. The SMILES string of the molecule is CCC(C)N(C)CCNCc1cc(C)n(C)c1C. The molecule has 1 aromatic heterocycles. The minimum Gasteiger partial charge on any atom is -0.352 e. The first-order valence-electron chi connectivity index (χ1n) is 7.00. The van der Waals surface area contributed by atoms with Crippen LogP contribution in [-0.4, -0.2) is 35.6 Å². The van der Waals surface area contributed by atoms with Crippen LogP contribution >= 0.6 is 0 Å². The molecule has 0 fully saturated rings. The molecule has 1 N–H and O–H groups in total. The maximum atomic E-state index is 3.54. The van der Waals surface area contributed by atoms with E-state index < -0.39 is 0 Å². The van der Waals surface area contributed by atoms with Crippen LogP contribution < -0.4 is 5.32 Å². The Morgan fingerprint density at radius 2 is 2.06 bits per heavy atom. The van der Waals surface area contributed by atoms with Crippen LogP contribution in [0, 0.1) is 13.8 Å². The maximum Gasteiger partial charge on any atom is 0.0223 e. The van der Waals surface area contributed by atoms with Gasteiger partial charge in [0.2, 0.25) is 0 Å². The van der Waals surface area contributed by atoms with Crippen LogP contribution in [0.15, 0.2) is 6.07 Å². The summed E-state index contributed by atoms with van der Waals surface area (Å²) >= 11 is 0. The quantitative estimate of drug-likeness (QED) is 0.751. The Balaban J connectivity index is 2.32. The predicted molar refractivity (Wildman–Crippen MR) is 79.0 cm³/mol. The normalized spacial score (nSPS) is 13.3. The molecule has 1 heterocycles. The van der Waals surface area contributed by atoms with E-state index >= 15 is 0 Å². The summed E-state index contributed by atoms with van der Waals surface area (Å²) in [5, 5.41) is 3.54. The van der Waals surface area contributed by atoms with Gasteiger partial charge < -0.3 is 14.8 Å². The third kappa shape index (κ3) is 3.85. The van der Waals surface area contributed by atoms with Gasteiger partial charge in [0.25, 0.3) is 0 Å². The van der Waals surface area contributed by atoms with Crippen molar-refractivity contribution in [2.24, 2.45) is 7.05 Å². The van der Waals surface area contributed by atoms with Crippen molar-refractivity contribution in [2.45, 2.75) is 46.7 Å². The summed E-state index contributed by atoms with van der Waals surface area (Å²) in [6, 6.07) is 2.95. The minimum absolute atomic E-state index is 0.674. The van der Waals surface area contributed by atoms with Crippen LogP contribution in [0.3, 0.4) is 0 Å². The predicted octanol–water partition coefficient (Wildman–Crippen LogP) is 2.46. The average molecular weight is 251 g/mol. The van der Waals surface area contributed by atoms with Gasteiger partial charge in [0.1, 0.15) is 0 Å². The Morgan fingerprint density at radius 1 is 1.39 bits per heavy atom. The Bertz CT molecular complexity index is 368. The van der Waals surface area contributed by atoms with E-state index in [1.165, 1.54) is 23.4 Å². The van der Waals surface area contributed by atoms with Gasteiger partial charge in [-0.2, -0.15) is 0 Å². The molecule has 1 unspecified atom stereocenters. The van der Waals surface area contributed by atoms with Crippen molar-refractivity contribution in [2.75, 3.05) is 20.1 Å². The van der Waals surface area contributed by atoms with Crippen molar-refractivity contribution in [3.63, 3.8) is 0 Å². The van der Waals surface area contributed by atoms with E-state index in [9.17, 15) is 0 Å². The second-order valence-corrected chi connectivity index (χ2v) is 5.37. The van der Waals surface area contributed by atoms with Gasteiger partial charge in [0.15, 0.2) is 0 Å². The van der Waals surface area contributed by atoms with Crippen LogP contribution in [0.2, 0.25) is 0 Å². The summed E-state index contributed by atoms with van der Waals surface area (Å²) in [6.45, 7) is 12.0. The monoisotopic (exact) mass is 251 g/mol. The van der Waals surface area contributed by atoms with Crippen molar-refractivity contribution in [3.8, 4) is 0 Å². The molecule has 0 aliphatic rings.